The van der Waals surface area contributed by atoms with E-state index in [1.165, 1.54) is 6.07 Å². The van der Waals surface area contributed by atoms with E-state index in [4.69, 9.17) is 22.3 Å². The van der Waals surface area contributed by atoms with Gasteiger partial charge >= 0.3 is 0 Å². The van der Waals surface area contributed by atoms with Gasteiger partial charge in [0.2, 0.25) is 6.20 Å². The highest BCUT2D eigenvalue weighted by atomic mass is 35.5. The monoisotopic (exact) mass is 537 g/mol. The fraction of sp³-hybridized carbons (Fsp3) is 0.0690. The maximum Gasteiger partial charge on any atom is 0.206 e. The number of nitrogens with one attached hydrogen (secondary N) is 1. The molecule has 1 atom stereocenters. The molecule has 1 unspecified atom stereocenters. The molecule has 0 aliphatic carbocycles. The third-order valence-corrected chi connectivity index (χ3v) is 6.74. The molecule has 0 radical (unpaired) electrons. The lowest BCUT2D eigenvalue weighted by molar-refractivity contribution is -0.658. The molecule has 192 valence electrons. The number of H-pyrrole nitrogens is 1. The van der Waals surface area contributed by atoms with Crippen LogP contribution in [0.5, 0.6) is 0 Å². The van der Waals surface area contributed by atoms with Crippen LogP contribution in [-0.2, 0) is 6.42 Å². The van der Waals surface area contributed by atoms with Crippen LogP contribution in [-0.4, -0.2) is 30.1 Å². The van der Waals surface area contributed by atoms with Crippen molar-refractivity contribution in [2.75, 3.05) is 5.73 Å². The number of rotatable bonds is 7. The average molecular weight is 538 g/mol. The zero-order valence-electron chi connectivity index (χ0n) is 20.6. The van der Waals surface area contributed by atoms with Gasteiger partial charge in [-0.05, 0) is 35.9 Å². The molecule has 0 aliphatic heterocycles. The lowest BCUT2D eigenvalue weighted by Gasteiger charge is -2.18. The quantitative estimate of drug-likeness (QED) is 0.272. The molecule has 0 fully saturated rings. The molecule has 4 aromatic heterocycles. The molecule has 3 N–H and O–H groups in total. The summed E-state index contributed by atoms with van der Waals surface area (Å²) >= 11 is 6.35. The topological polar surface area (TPSA) is 102 Å². The Morgan fingerprint density at radius 3 is 2.54 bits per heavy atom. The highest BCUT2D eigenvalue weighted by Crippen LogP contribution is 2.30. The smallest absolute Gasteiger partial charge is 0.206 e. The Morgan fingerprint density at radius 1 is 0.949 bits per heavy atom. The van der Waals surface area contributed by atoms with Crippen molar-refractivity contribution in [3.8, 4) is 27.9 Å². The number of nitrogens with zero attached hydrogens (tertiary/aromatic N) is 6. The zero-order chi connectivity index (χ0) is 26.8. The first-order valence-corrected chi connectivity index (χ1v) is 12.6. The predicted molar refractivity (Wildman–Crippen MR) is 146 cm³/mol. The minimum atomic E-state index is -0.563. The van der Waals surface area contributed by atoms with Crippen LogP contribution in [0.1, 0.15) is 17.3 Å². The first kappa shape index (κ1) is 24.4. The number of pyridine rings is 2. The summed E-state index contributed by atoms with van der Waals surface area (Å²) in [7, 11) is 0. The fourth-order valence-electron chi connectivity index (χ4n) is 4.51. The van der Waals surface area contributed by atoms with Gasteiger partial charge in [-0.3, -0.25) is 9.67 Å². The molecule has 39 heavy (non-hydrogen) atoms. The summed E-state index contributed by atoms with van der Waals surface area (Å²) in [5, 5.41) is 12.2. The van der Waals surface area contributed by atoms with Crippen molar-refractivity contribution in [1.29, 1.82) is 0 Å². The van der Waals surface area contributed by atoms with Gasteiger partial charge in [-0.15, -0.1) is 4.68 Å². The highest BCUT2D eigenvalue weighted by Gasteiger charge is 2.20. The number of nitrogen functional groups attached to an aromatic ring is 1. The van der Waals surface area contributed by atoms with Gasteiger partial charge in [-0.25, -0.2) is 9.37 Å². The Labute approximate surface area is 228 Å². The Hall–Kier alpha value is -4.89. The molecule has 0 saturated heterocycles. The predicted octanol–water partition coefficient (Wildman–Crippen LogP) is 5.21. The summed E-state index contributed by atoms with van der Waals surface area (Å²) in [6.07, 6.45) is 11.1. The van der Waals surface area contributed by atoms with E-state index in [0.717, 1.165) is 33.6 Å². The molecule has 0 spiro atoms. The molecule has 8 nitrogen and oxygen atoms in total. The lowest BCUT2D eigenvalue weighted by Crippen LogP contribution is -2.32. The number of aromatic amines is 1. The van der Waals surface area contributed by atoms with Crippen LogP contribution >= 0.6 is 11.6 Å². The van der Waals surface area contributed by atoms with Crippen molar-refractivity contribution < 1.29 is 9.07 Å². The van der Waals surface area contributed by atoms with Gasteiger partial charge in [0, 0.05) is 57.4 Å². The molecule has 0 saturated carbocycles. The number of hydrogen-bond acceptors (Lipinski definition) is 5. The number of halogens is 2. The standard InChI is InChI=1S/C29H22ClFN8/c30-23-7-9-27(38-11-10-35-37-38)24(14-23)20-6-8-26(33-15-20)28(12-19-4-2-1-3-5-19)39-18-22(17-36-39)21-13-25(31)29(32)34-16-21/h1-11,13-18,28H,12H2,(H2,32,34)/p+1. The number of benzene rings is 2. The minimum Gasteiger partial charge on any atom is -0.381 e. The van der Waals surface area contributed by atoms with Crippen LogP contribution in [0.2, 0.25) is 5.02 Å². The Balaban J connectivity index is 1.37. The normalized spacial score (nSPS) is 11.9. The summed E-state index contributed by atoms with van der Waals surface area (Å²) in [6, 6.07) is 21.0. The van der Waals surface area contributed by atoms with Gasteiger partial charge < -0.3 is 5.73 Å². The van der Waals surface area contributed by atoms with Crippen molar-refractivity contribution >= 4 is 17.4 Å². The summed E-state index contributed by atoms with van der Waals surface area (Å²) in [4.78, 5) is 8.80. The molecular weight excluding hydrogens is 515 g/mol. The molecular formula is C29H23ClFN8+. The first-order chi connectivity index (χ1) is 19.0. The maximum atomic E-state index is 14.1. The molecule has 0 amide bonds. The van der Waals surface area contributed by atoms with Gasteiger partial charge in [-0.2, -0.15) is 5.10 Å². The minimum absolute atomic E-state index is 0.133. The van der Waals surface area contributed by atoms with Crippen molar-refractivity contribution in [2.45, 2.75) is 12.5 Å². The third kappa shape index (κ3) is 5.12. The highest BCUT2D eigenvalue weighted by molar-refractivity contribution is 6.31. The Kier molecular flexibility index (Phi) is 6.56. The first-order valence-electron chi connectivity index (χ1n) is 12.2. The molecule has 2 aromatic carbocycles. The van der Waals surface area contributed by atoms with Crippen LogP contribution in [0.3, 0.4) is 0 Å². The van der Waals surface area contributed by atoms with Gasteiger partial charge in [0.1, 0.15) is 0 Å². The van der Waals surface area contributed by atoms with Crippen molar-refractivity contribution in [3.05, 3.63) is 126 Å². The van der Waals surface area contributed by atoms with Gasteiger partial charge in [0.25, 0.3) is 0 Å². The molecule has 6 rings (SSSR count). The van der Waals surface area contributed by atoms with E-state index in [2.05, 4.69) is 32.5 Å². The van der Waals surface area contributed by atoms with E-state index in [-0.39, 0.29) is 11.9 Å². The average Bonchev–Trinajstić information content (AvgIpc) is 3.67. The van der Waals surface area contributed by atoms with Crippen molar-refractivity contribution in [2.24, 2.45) is 0 Å². The van der Waals surface area contributed by atoms with E-state index >= 15 is 0 Å². The molecule has 6 aromatic rings. The maximum absolute atomic E-state index is 14.1. The fourth-order valence-corrected chi connectivity index (χ4v) is 4.68. The van der Waals surface area contributed by atoms with Gasteiger partial charge in [0.05, 0.1) is 17.9 Å². The van der Waals surface area contributed by atoms with E-state index in [9.17, 15) is 4.39 Å². The molecule has 4 heterocycles. The third-order valence-electron chi connectivity index (χ3n) is 6.51. The van der Waals surface area contributed by atoms with Crippen molar-refractivity contribution in [1.82, 2.24) is 30.1 Å². The van der Waals surface area contributed by atoms with E-state index < -0.39 is 5.82 Å². The summed E-state index contributed by atoms with van der Waals surface area (Å²) < 4.78 is 17.7. The Morgan fingerprint density at radius 2 is 1.79 bits per heavy atom. The second kappa shape index (κ2) is 10.5. The van der Waals surface area contributed by atoms with Crippen LogP contribution < -0.4 is 10.4 Å². The van der Waals surface area contributed by atoms with E-state index in [1.807, 2.05) is 76.5 Å². The zero-order valence-corrected chi connectivity index (χ0v) is 21.4. The molecule has 10 heteroatoms. The molecule has 0 bridgehead atoms. The van der Waals surface area contributed by atoms with E-state index in [0.29, 0.717) is 17.0 Å². The SMILES string of the molecule is Nc1ncc(-c2cnn(C(Cc3ccccc3)c3ccc(-c4cc(Cl)ccc4-[n+]4ccn[nH]4)cn3)c2)cc1F. The van der Waals surface area contributed by atoms with Crippen LogP contribution in [0, 0.1) is 5.82 Å². The number of aromatic nitrogens is 7. The molecule has 0 aliphatic rings. The Bertz CT molecular complexity index is 1720. The summed E-state index contributed by atoms with van der Waals surface area (Å²) in [5.41, 5.74) is 11.6. The van der Waals surface area contributed by atoms with Crippen molar-refractivity contribution in [3.63, 3.8) is 0 Å². The van der Waals surface area contributed by atoms with Gasteiger partial charge in [-0.1, -0.05) is 53.2 Å². The number of nitrogens with two attached hydrogens (primary N) is 1. The van der Waals surface area contributed by atoms with Crippen LogP contribution in [0.15, 0.2) is 104 Å². The second-order valence-corrected chi connectivity index (χ2v) is 9.47. The summed E-state index contributed by atoms with van der Waals surface area (Å²) in [6.45, 7) is 0. The van der Waals surface area contributed by atoms with Crippen LogP contribution in [0.4, 0.5) is 10.2 Å². The number of anilines is 1. The largest absolute Gasteiger partial charge is 0.381 e. The lowest BCUT2D eigenvalue weighted by atomic mass is 10.0. The number of hydrogen-bond donors (Lipinski definition) is 2. The van der Waals surface area contributed by atoms with E-state index in [1.54, 1.807) is 18.6 Å². The van der Waals surface area contributed by atoms with Crippen LogP contribution in [0.25, 0.3) is 27.9 Å². The van der Waals surface area contributed by atoms with Gasteiger partial charge in [0.15, 0.2) is 23.5 Å². The summed E-state index contributed by atoms with van der Waals surface area (Å²) in [5.74, 6) is -0.696. The second-order valence-electron chi connectivity index (χ2n) is 9.04.